The van der Waals surface area contributed by atoms with E-state index in [1.165, 1.54) is 6.26 Å². The van der Waals surface area contributed by atoms with Crippen molar-refractivity contribution in [1.82, 2.24) is 4.98 Å². The van der Waals surface area contributed by atoms with Crippen molar-refractivity contribution >= 4 is 22.2 Å². The highest BCUT2D eigenvalue weighted by Crippen LogP contribution is 2.15. The lowest BCUT2D eigenvalue weighted by Gasteiger charge is -2.04. The number of rotatable bonds is 3. The molecule has 1 aromatic rings. The zero-order chi connectivity index (χ0) is 10.1. The van der Waals surface area contributed by atoms with Gasteiger partial charge < -0.3 is 10.7 Å². The van der Waals surface area contributed by atoms with Gasteiger partial charge in [0.15, 0.2) is 9.84 Å². The second kappa shape index (κ2) is 4.82. The third-order valence-corrected chi connectivity index (χ3v) is 2.96. The van der Waals surface area contributed by atoms with E-state index >= 15 is 0 Å². The van der Waals surface area contributed by atoms with Gasteiger partial charge in [-0.2, -0.15) is 0 Å². The molecule has 0 saturated heterocycles. The Morgan fingerprint density at radius 1 is 1.50 bits per heavy atom. The second-order valence-corrected chi connectivity index (χ2v) is 5.05. The molecule has 0 aromatic carbocycles. The van der Waals surface area contributed by atoms with Crippen molar-refractivity contribution in [3.63, 3.8) is 0 Å². The van der Waals surface area contributed by atoms with Gasteiger partial charge in [0.2, 0.25) is 0 Å². The minimum atomic E-state index is -3.13. The number of sulfone groups is 1. The Morgan fingerprint density at radius 2 is 2.07 bits per heavy atom. The van der Waals surface area contributed by atoms with Gasteiger partial charge in [-0.25, -0.2) is 8.42 Å². The number of nitrogens with two attached hydrogens (primary N) is 1. The van der Waals surface area contributed by atoms with E-state index in [0.717, 1.165) is 12.1 Å². The lowest BCUT2D eigenvalue weighted by molar-refractivity contribution is 0.597. The van der Waals surface area contributed by atoms with Gasteiger partial charge in [-0.05, 0) is 18.6 Å². The molecule has 0 aliphatic rings. The molecule has 1 atom stereocenters. The quantitative estimate of drug-likeness (QED) is 0.832. The van der Waals surface area contributed by atoms with Crippen LogP contribution >= 0.6 is 12.4 Å². The molecular formula is C8H15ClN2O2S. The maximum absolute atomic E-state index is 11.1. The van der Waals surface area contributed by atoms with Crippen molar-refractivity contribution in [2.75, 3.05) is 6.26 Å². The number of halogens is 1. The molecule has 0 aliphatic heterocycles. The maximum Gasteiger partial charge on any atom is 0.190 e. The highest BCUT2D eigenvalue weighted by molar-refractivity contribution is 7.90. The van der Waals surface area contributed by atoms with Crippen molar-refractivity contribution in [2.24, 2.45) is 5.73 Å². The van der Waals surface area contributed by atoms with Crippen molar-refractivity contribution in [1.29, 1.82) is 0 Å². The van der Waals surface area contributed by atoms with Crippen molar-refractivity contribution in [2.45, 2.75) is 24.4 Å². The Hall–Kier alpha value is -0.520. The van der Waals surface area contributed by atoms with Crippen LogP contribution in [-0.2, 0) is 9.84 Å². The van der Waals surface area contributed by atoms with Crippen LogP contribution in [0.5, 0.6) is 0 Å². The predicted octanol–water partition coefficient (Wildman–Crippen LogP) is 1.25. The summed E-state index contributed by atoms with van der Waals surface area (Å²) in [4.78, 5) is 2.79. The van der Waals surface area contributed by atoms with E-state index in [1.54, 1.807) is 12.1 Å². The minimum Gasteiger partial charge on any atom is -0.348 e. The fraction of sp³-hybridized carbons (Fsp3) is 0.500. The Balaban J connectivity index is 0.00000169. The second-order valence-electron chi connectivity index (χ2n) is 3.06. The van der Waals surface area contributed by atoms with E-state index in [0.29, 0.717) is 0 Å². The molecule has 82 valence electrons. The van der Waals surface area contributed by atoms with Crippen LogP contribution in [0.2, 0.25) is 0 Å². The molecule has 3 N–H and O–H groups in total. The summed E-state index contributed by atoms with van der Waals surface area (Å²) >= 11 is 0. The van der Waals surface area contributed by atoms with Gasteiger partial charge in [0.25, 0.3) is 0 Å². The molecule has 0 amide bonds. The first-order valence-corrected chi connectivity index (χ1v) is 5.99. The molecule has 1 aromatic heterocycles. The SMILES string of the molecule is CC[C@H](N)c1ccc(S(C)(=O)=O)[nH]1.Cl. The fourth-order valence-corrected chi connectivity index (χ4v) is 1.66. The van der Waals surface area contributed by atoms with Crippen LogP contribution in [0.15, 0.2) is 17.2 Å². The molecule has 4 nitrogen and oxygen atoms in total. The molecule has 6 heteroatoms. The fourth-order valence-electron chi connectivity index (χ4n) is 1.04. The van der Waals surface area contributed by atoms with Gasteiger partial charge in [0, 0.05) is 18.0 Å². The zero-order valence-electron chi connectivity index (χ0n) is 8.15. The summed E-state index contributed by atoms with van der Waals surface area (Å²) in [7, 11) is -3.13. The standard InChI is InChI=1S/C8H14N2O2S.ClH/c1-3-6(9)7-4-5-8(10-7)13(2,11)12;/h4-6,10H,3,9H2,1-2H3;1H/t6-;/m0./s1. The van der Waals surface area contributed by atoms with Gasteiger partial charge in [-0.15, -0.1) is 12.4 Å². The summed E-state index contributed by atoms with van der Waals surface area (Å²) in [5.41, 5.74) is 6.49. The molecule has 14 heavy (non-hydrogen) atoms. The van der Waals surface area contributed by atoms with E-state index in [9.17, 15) is 8.42 Å². The number of hydrogen-bond acceptors (Lipinski definition) is 3. The van der Waals surface area contributed by atoms with Crippen LogP contribution in [0.25, 0.3) is 0 Å². The number of nitrogens with one attached hydrogen (secondary N) is 1. The van der Waals surface area contributed by atoms with Gasteiger partial charge in [-0.3, -0.25) is 0 Å². The first-order chi connectivity index (χ1) is 5.95. The lowest BCUT2D eigenvalue weighted by atomic mass is 10.2. The van der Waals surface area contributed by atoms with Crippen LogP contribution in [0.3, 0.4) is 0 Å². The van der Waals surface area contributed by atoms with E-state index in [-0.39, 0.29) is 23.5 Å². The van der Waals surface area contributed by atoms with Crippen LogP contribution in [0.4, 0.5) is 0 Å². The smallest absolute Gasteiger partial charge is 0.190 e. The topological polar surface area (TPSA) is 76.0 Å². The average molecular weight is 239 g/mol. The first-order valence-electron chi connectivity index (χ1n) is 4.09. The molecule has 0 fully saturated rings. The normalized spacial score (nSPS) is 13.4. The highest BCUT2D eigenvalue weighted by Gasteiger charge is 2.12. The third-order valence-electron chi connectivity index (χ3n) is 1.92. The molecule has 0 radical (unpaired) electrons. The predicted molar refractivity (Wildman–Crippen MR) is 58.4 cm³/mol. The Bertz CT molecular complexity index is 386. The maximum atomic E-state index is 11.1. The molecule has 1 rings (SSSR count). The molecule has 1 heterocycles. The van der Waals surface area contributed by atoms with Crippen LogP contribution in [-0.4, -0.2) is 19.7 Å². The Kier molecular flexibility index (Phi) is 4.64. The number of aromatic nitrogens is 1. The summed E-state index contributed by atoms with van der Waals surface area (Å²) in [5.74, 6) is 0. The van der Waals surface area contributed by atoms with Gasteiger partial charge in [0.05, 0.1) is 0 Å². The van der Waals surface area contributed by atoms with Crippen molar-refractivity contribution in [3.05, 3.63) is 17.8 Å². The van der Waals surface area contributed by atoms with E-state index in [4.69, 9.17) is 5.73 Å². The molecule has 0 aliphatic carbocycles. The highest BCUT2D eigenvalue weighted by atomic mass is 35.5. The molecule has 0 saturated carbocycles. The summed E-state index contributed by atoms with van der Waals surface area (Å²) < 4.78 is 22.2. The Morgan fingerprint density at radius 3 is 2.43 bits per heavy atom. The van der Waals surface area contributed by atoms with E-state index < -0.39 is 9.84 Å². The number of H-pyrrole nitrogens is 1. The van der Waals surface area contributed by atoms with Gasteiger partial charge >= 0.3 is 0 Å². The Labute approximate surface area is 90.2 Å². The molecule has 0 spiro atoms. The largest absolute Gasteiger partial charge is 0.348 e. The average Bonchev–Trinajstić information content (AvgIpc) is 2.50. The van der Waals surface area contributed by atoms with Crippen LogP contribution in [0, 0.1) is 0 Å². The first kappa shape index (κ1) is 13.5. The van der Waals surface area contributed by atoms with Crippen molar-refractivity contribution < 1.29 is 8.42 Å². The molecule has 0 bridgehead atoms. The van der Waals surface area contributed by atoms with E-state index in [1.807, 2.05) is 6.92 Å². The summed E-state index contributed by atoms with van der Waals surface area (Å²) in [6.45, 7) is 1.95. The minimum absolute atomic E-state index is 0. The number of aromatic amines is 1. The van der Waals surface area contributed by atoms with Crippen LogP contribution < -0.4 is 5.73 Å². The van der Waals surface area contributed by atoms with Crippen LogP contribution in [0.1, 0.15) is 25.1 Å². The monoisotopic (exact) mass is 238 g/mol. The molecular weight excluding hydrogens is 224 g/mol. The van der Waals surface area contributed by atoms with Gasteiger partial charge in [0.1, 0.15) is 5.03 Å². The lowest BCUT2D eigenvalue weighted by Crippen LogP contribution is -2.09. The zero-order valence-corrected chi connectivity index (χ0v) is 9.78. The summed E-state index contributed by atoms with van der Waals surface area (Å²) in [6, 6.07) is 3.14. The third kappa shape index (κ3) is 3.01. The van der Waals surface area contributed by atoms with E-state index in [2.05, 4.69) is 4.98 Å². The summed E-state index contributed by atoms with van der Waals surface area (Å²) in [6.07, 6.45) is 1.95. The summed E-state index contributed by atoms with van der Waals surface area (Å²) in [5, 5.41) is 0.228. The van der Waals surface area contributed by atoms with Crippen molar-refractivity contribution in [3.8, 4) is 0 Å². The number of hydrogen-bond donors (Lipinski definition) is 2. The van der Waals surface area contributed by atoms with Gasteiger partial charge in [-0.1, -0.05) is 6.92 Å². The molecule has 0 unspecified atom stereocenters.